The van der Waals surface area contributed by atoms with Gasteiger partial charge in [0, 0.05) is 37.8 Å². The lowest BCUT2D eigenvalue weighted by Crippen LogP contribution is -2.37. The van der Waals surface area contributed by atoms with E-state index in [0.717, 1.165) is 25.5 Å². The zero-order valence-corrected chi connectivity index (χ0v) is 14.4. The fourth-order valence-electron chi connectivity index (χ4n) is 2.05. The molecule has 0 spiro atoms. The summed E-state index contributed by atoms with van der Waals surface area (Å²) >= 11 is 0. The number of hydrogen-bond donors (Lipinski definition) is 1. The number of carbonyl (C=O) groups excluding carboxylic acids is 1. The van der Waals surface area contributed by atoms with Crippen LogP contribution in [0.5, 0.6) is 0 Å². The Morgan fingerprint density at radius 2 is 1.91 bits per heavy atom. The van der Waals surface area contributed by atoms with E-state index < -0.39 is 11.6 Å². The SMILES string of the molecule is CC(C)N(C)CCCCNC(=O)N(C)Cc1ccc(F)cc1F. The largest absolute Gasteiger partial charge is 0.338 e. The third kappa shape index (κ3) is 6.95. The van der Waals surface area contributed by atoms with Crippen molar-refractivity contribution < 1.29 is 13.6 Å². The van der Waals surface area contributed by atoms with Gasteiger partial charge in [0.15, 0.2) is 0 Å². The Labute approximate surface area is 137 Å². The van der Waals surface area contributed by atoms with Gasteiger partial charge in [0.1, 0.15) is 11.6 Å². The molecule has 2 amide bonds. The molecule has 1 aromatic rings. The number of rotatable bonds is 8. The number of nitrogens with one attached hydrogen (secondary N) is 1. The maximum Gasteiger partial charge on any atom is 0.317 e. The molecule has 0 aromatic heterocycles. The van der Waals surface area contributed by atoms with Crippen LogP contribution < -0.4 is 5.32 Å². The summed E-state index contributed by atoms with van der Waals surface area (Å²) in [5.74, 6) is -1.26. The van der Waals surface area contributed by atoms with Crippen molar-refractivity contribution in [3.05, 3.63) is 35.4 Å². The molecule has 0 bridgehead atoms. The van der Waals surface area contributed by atoms with E-state index in [2.05, 4.69) is 31.1 Å². The van der Waals surface area contributed by atoms with Crippen LogP contribution in [0.1, 0.15) is 32.3 Å². The standard InChI is InChI=1S/C17H27F2N3O/c1-13(2)21(3)10-6-5-9-20-17(23)22(4)12-14-7-8-15(18)11-16(14)19/h7-8,11,13H,5-6,9-10,12H2,1-4H3,(H,20,23). The van der Waals surface area contributed by atoms with Crippen LogP contribution in [0, 0.1) is 11.6 Å². The molecular formula is C17H27F2N3O. The van der Waals surface area contributed by atoms with Gasteiger partial charge in [-0.15, -0.1) is 0 Å². The number of benzene rings is 1. The lowest BCUT2D eigenvalue weighted by molar-refractivity contribution is 0.205. The van der Waals surface area contributed by atoms with Crippen LogP contribution in [0.2, 0.25) is 0 Å². The molecule has 0 aliphatic carbocycles. The van der Waals surface area contributed by atoms with Gasteiger partial charge >= 0.3 is 6.03 Å². The van der Waals surface area contributed by atoms with E-state index in [1.165, 1.54) is 17.0 Å². The Morgan fingerprint density at radius 1 is 1.22 bits per heavy atom. The Balaban J connectivity index is 2.29. The van der Waals surface area contributed by atoms with Crippen molar-refractivity contribution >= 4 is 6.03 Å². The molecule has 0 aliphatic heterocycles. The van der Waals surface area contributed by atoms with E-state index in [4.69, 9.17) is 0 Å². The van der Waals surface area contributed by atoms with E-state index in [1.807, 2.05) is 0 Å². The van der Waals surface area contributed by atoms with Gasteiger partial charge in [-0.2, -0.15) is 0 Å². The van der Waals surface area contributed by atoms with Gasteiger partial charge in [0.25, 0.3) is 0 Å². The Hall–Kier alpha value is -1.69. The molecule has 1 N–H and O–H groups in total. The molecule has 1 aromatic carbocycles. The molecular weight excluding hydrogens is 300 g/mol. The van der Waals surface area contributed by atoms with Gasteiger partial charge < -0.3 is 15.1 Å². The van der Waals surface area contributed by atoms with Crippen molar-refractivity contribution in [2.75, 3.05) is 27.2 Å². The summed E-state index contributed by atoms with van der Waals surface area (Å²) in [6.07, 6.45) is 1.90. The van der Waals surface area contributed by atoms with E-state index >= 15 is 0 Å². The molecule has 0 fully saturated rings. The van der Waals surface area contributed by atoms with Crippen LogP contribution in [-0.2, 0) is 6.54 Å². The van der Waals surface area contributed by atoms with Gasteiger partial charge in [-0.3, -0.25) is 0 Å². The van der Waals surface area contributed by atoms with Crippen LogP contribution in [-0.4, -0.2) is 49.1 Å². The number of hydrogen-bond acceptors (Lipinski definition) is 2. The average molecular weight is 327 g/mol. The molecule has 130 valence electrons. The topological polar surface area (TPSA) is 35.6 Å². The molecule has 0 radical (unpaired) electrons. The monoisotopic (exact) mass is 327 g/mol. The molecule has 6 heteroatoms. The predicted molar refractivity (Wildman–Crippen MR) is 88.2 cm³/mol. The quantitative estimate of drug-likeness (QED) is 0.744. The third-order valence-electron chi connectivity index (χ3n) is 3.86. The molecule has 0 unspecified atom stereocenters. The number of amides is 2. The fraction of sp³-hybridized carbons (Fsp3) is 0.588. The van der Waals surface area contributed by atoms with Crippen molar-refractivity contribution in [1.29, 1.82) is 0 Å². The first-order valence-electron chi connectivity index (χ1n) is 7.94. The van der Waals surface area contributed by atoms with Crippen LogP contribution in [0.25, 0.3) is 0 Å². The Kier molecular flexibility index (Phi) is 7.95. The van der Waals surface area contributed by atoms with Crippen LogP contribution in [0.15, 0.2) is 18.2 Å². The second kappa shape index (κ2) is 9.45. The summed E-state index contributed by atoms with van der Waals surface area (Å²) in [4.78, 5) is 15.6. The van der Waals surface area contributed by atoms with Crippen molar-refractivity contribution in [3.63, 3.8) is 0 Å². The second-order valence-electron chi connectivity index (χ2n) is 6.11. The van der Waals surface area contributed by atoms with Crippen molar-refractivity contribution in [3.8, 4) is 0 Å². The van der Waals surface area contributed by atoms with Crippen molar-refractivity contribution in [2.24, 2.45) is 0 Å². The van der Waals surface area contributed by atoms with Gasteiger partial charge in [-0.1, -0.05) is 6.07 Å². The fourth-order valence-corrected chi connectivity index (χ4v) is 2.05. The maximum atomic E-state index is 13.6. The van der Waals surface area contributed by atoms with Crippen LogP contribution in [0.3, 0.4) is 0 Å². The summed E-state index contributed by atoms with van der Waals surface area (Å²) in [5.41, 5.74) is 0.294. The molecule has 4 nitrogen and oxygen atoms in total. The number of halogens is 2. The van der Waals surface area contributed by atoms with Gasteiger partial charge in [-0.05, 0) is 46.3 Å². The second-order valence-corrected chi connectivity index (χ2v) is 6.11. The minimum Gasteiger partial charge on any atom is -0.338 e. The smallest absolute Gasteiger partial charge is 0.317 e. The molecule has 0 heterocycles. The van der Waals surface area contributed by atoms with E-state index in [1.54, 1.807) is 7.05 Å². The van der Waals surface area contributed by atoms with E-state index in [0.29, 0.717) is 18.2 Å². The lowest BCUT2D eigenvalue weighted by atomic mass is 10.2. The predicted octanol–water partition coefficient (Wildman–Crippen LogP) is 3.23. The summed E-state index contributed by atoms with van der Waals surface area (Å²) in [7, 11) is 3.67. The van der Waals surface area contributed by atoms with Gasteiger partial charge in [0.2, 0.25) is 0 Å². The zero-order valence-electron chi connectivity index (χ0n) is 14.4. The first-order valence-corrected chi connectivity index (χ1v) is 7.94. The normalized spacial score (nSPS) is 11.1. The molecule has 1 rings (SSSR count). The molecule has 0 atom stereocenters. The van der Waals surface area contributed by atoms with Crippen molar-refractivity contribution in [2.45, 2.75) is 39.3 Å². The third-order valence-corrected chi connectivity index (χ3v) is 3.86. The molecule has 23 heavy (non-hydrogen) atoms. The van der Waals surface area contributed by atoms with E-state index in [-0.39, 0.29) is 12.6 Å². The van der Waals surface area contributed by atoms with Crippen LogP contribution >= 0.6 is 0 Å². The molecule has 0 saturated carbocycles. The van der Waals surface area contributed by atoms with Gasteiger partial charge in [0.05, 0.1) is 0 Å². The minimum atomic E-state index is -0.638. The number of urea groups is 1. The summed E-state index contributed by atoms with van der Waals surface area (Å²) < 4.78 is 26.4. The number of nitrogens with zero attached hydrogens (tertiary/aromatic N) is 2. The highest BCUT2D eigenvalue weighted by Gasteiger charge is 2.11. The summed E-state index contributed by atoms with van der Waals surface area (Å²) in [6, 6.07) is 3.63. The number of unbranched alkanes of at least 4 members (excludes halogenated alkanes) is 1. The molecule has 0 aliphatic rings. The highest BCUT2D eigenvalue weighted by Crippen LogP contribution is 2.11. The van der Waals surface area contributed by atoms with Gasteiger partial charge in [-0.25, -0.2) is 13.6 Å². The highest BCUT2D eigenvalue weighted by atomic mass is 19.1. The van der Waals surface area contributed by atoms with E-state index in [9.17, 15) is 13.6 Å². The minimum absolute atomic E-state index is 0.105. The summed E-state index contributed by atoms with van der Waals surface area (Å²) in [6.45, 7) is 5.97. The van der Waals surface area contributed by atoms with Crippen molar-refractivity contribution in [1.82, 2.24) is 15.1 Å². The zero-order chi connectivity index (χ0) is 17.4. The summed E-state index contributed by atoms with van der Waals surface area (Å²) in [5, 5.41) is 2.81. The molecule has 0 saturated heterocycles. The number of carbonyl (C=O) groups is 1. The first-order chi connectivity index (χ1) is 10.8. The average Bonchev–Trinajstić information content (AvgIpc) is 2.49. The Bertz CT molecular complexity index is 509. The lowest BCUT2D eigenvalue weighted by Gasteiger charge is -2.21. The first kappa shape index (κ1) is 19.4. The maximum absolute atomic E-state index is 13.6. The Morgan fingerprint density at radius 3 is 2.52 bits per heavy atom. The van der Waals surface area contributed by atoms with Crippen LogP contribution in [0.4, 0.5) is 13.6 Å². The highest BCUT2D eigenvalue weighted by molar-refractivity contribution is 5.73.